The van der Waals surface area contributed by atoms with Crippen LogP contribution in [-0.2, 0) is 0 Å². The van der Waals surface area contributed by atoms with Crippen molar-refractivity contribution in [2.24, 2.45) is 0 Å². The minimum Gasteiger partial charge on any atom is -0.540 e. The van der Waals surface area contributed by atoms with E-state index in [1.165, 1.54) is 6.26 Å². The van der Waals surface area contributed by atoms with Crippen LogP contribution >= 0.6 is 15.9 Å². The van der Waals surface area contributed by atoms with Gasteiger partial charge in [-0.15, -0.1) is 0 Å². The molecule has 0 fully saturated rings. The van der Waals surface area contributed by atoms with E-state index in [2.05, 4.69) is 25.3 Å². The Labute approximate surface area is 87.0 Å². The number of hydrogen-bond donors (Lipinski definition) is 0. The van der Waals surface area contributed by atoms with Crippen molar-refractivity contribution in [1.82, 2.24) is 4.98 Å². The van der Waals surface area contributed by atoms with Gasteiger partial charge in [-0.2, -0.15) is 0 Å². The molecule has 0 aliphatic heterocycles. The third kappa shape index (κ3) is 2.42. The van der Waals surface area contributed by atoms with Gasteiger partial charge in [0.2, 0.25) is 5.89 Å². The molecule has 10 heavy (non-hydrogen) atoms. The Hall–Kier alpha value is 0.160. The predicted molar refractivity (Wildman–Crippen MR) is 28.5 cm³/mol. The SMILES string of the molecule is O=C([O-])c1nc(Br)co1.[Na+]. The maximum absolute atomic E-state index is 9.93. The van der Waals surface area contributed by atoms with Crippen molar-refractivity contribution in [3.63, 3.8) is 0 Å². The quantitative estimate of drug-likeness (QED) is 0.462. The van der Waals surface area contributed by atoms with Crippen LogP contribution in [0.2, 0.25) is 0 Å². The molecule has 0 aromatic carbocycles. The number of halogens is 1. The number of carbonyl (C=O) groups excluding carboxylic acids is 1. The van der Waals surface area contributed by atoms with Crippen molar-refractivity contribution < 1.29 is 43.9 Å². The van der Waals surface area contributed by atoms with Crippen molar-refractivity contribution in [2.75, 3.05) is 0 Å². The van der Waals surface area contributed by atoms with Gasteiger partial charge in [-0.05, 0) is 15.9 Å². The smallest absolute Gasteiger partial charge is 0.540 e. The van der Waals surface area contributed by atoms with Crippen LogP contribution in [0.4, 0.5) is 0 Å². The summed E-state index contributed by atoms with van der Waals surface area (Å²) in [4.78, 5) is 13.3. The maximum atomic E-state index is 9.93. The first kappa shape index (κ1) is 10.2. The van der Waals surface area contributed by atoms with Gasteiger partial charge in [-0.3, -0.25) is 0 Å². The van der Waals surface area contributed by atoms with Gasteiger partial charge in [0.25, 0.3) is 0 Å². The fourth-order valence-electron chi connectivity index (χ4n) is 0.348. The van der Waals surface area contributed by atoms with Gasteiger partial charge >= 0.3 is 29.6 Å². The van der Waals surface area contributed by atoms with E-state index >= 15 is 0 Å². The molecule has 0 radical (unpaired) electrons. The zero-order valence-electron chi connectivity index (χ0n) is 5.13. The maximum Gasteiger partial charge on any atom is 1.00 e. The number of nitrogens with zero attached hydrogens (tertiary/aromatic N) is 1. The molecule has 6 heteroatoms. The van der Waals surface area contributed by atoms with E-state index in [0.29, 0.717) is 4.60 Å². The summed E-state index contributed by atoms with van der Waals surface area (Å²) >= 11 is 2.90. The van der Waals surface area contributed by atoms with Crippen LogP contribution in [0.25, 0.3) is 0 Å². The Morgan fingerprint density at radius 2 is 2.40 bits per heavy atom. The van der Waals surface area contributed by atoms with E-state index in [0.717, 1.165) is 0 Å². The zero-order valence-corrected chi connectivity index (χ0v) is 8.71. The molecule has 4 nitrogen and oxygen atoms in total. The Balaban J connectivity index is 0.000000810. The fraction of sp³-hybridized carbons (Fsp3) is 0. The van der Waals surface area contributed by atoms with Crippen LogP contribution in [0.5, 0.6) is 0 Å². The summed E-state index contributed by atoms with van der Waals surface area (Å²) in [5, 5.41) is 9.93. The molecule has 1 aromatic rings. The molecule has 0 N–H and O–H groups in total. The standard InChI is InChI=1S/C4H2BrNO3.Na/c5-2-1-9-3(6-2)4(7)8;/h1H,(H,7,8);/q;+1/p-1. The van der Waals surface area contributed by atoms with Gasteiger partial charge in [0.05, 0.1) is 0 Å². The first-order valence-corrected chi connectivity index (χ1v) is 2.82. The van der Waals surface area contributed by atoms with Crippen LogP contribution in [0, 0.1) is 0 Å². The second kappa shape index (κ2) is 4.12. The Morgan fingerprint density at radius 3 is 2.60 bits per heavy atom. The molecule has 0 unspecified atom stereocenters. The molecule has 1 rings (SSSR count). The Kier molecular flexibility index (Phi) is 4.19. The molecule has 48 valence electrons. The van der Waals surface area contributed by atoms with Crippen LogP contribution in [0.15, 0.2) is 15.3 Å². The van der Waals surface area contributed by atoms with Crippen molar-refractivity contribution >= 4 is 21.9 Å². The normalized spacial score (nSPS) is 8.50. The number of carbonyl (C=O) groups is 1. The number of aromatic carboxylic acids is 1. The predicted octanol–water partition coefficient (Wildman–Crippen LogP) is -3.20. The van der Waals surface area contributed by atoms with Crippen LogP contribution in [0.3, 0.4) is 0 Å². The minimum absolute atomic E-state index is 0. The van der Waals surface area contributed by atoms with Gasteiger partial charge < -0.3 is 14.3 Å². The monoisotopic (exact) mass is 213 g/mol. The number of hydrogen-bond acceptors (Lipinski definition) is 4. The molecule has 0 aliphatic carbocycles. The Morgan fingerprint density at radius 1 is 1.80 bits per heavy atom. The number of rotatable bonds is 1. The summed E-state index contributed by atoms with van der Waals surface area (Å²) in [6.07, 6.45) is 1.17. The van der Waals surface area contributed by atoms with Crippen molar-refractivity contribution in [3.05, 3.63) is 16.8 Å². The molecule has 0 atom stereocenters. The summed E-state index contributed by atoms with van der Waals surface area (Å²) in [5.74, 6) is -1.83. The molecule has 0 amide bonds. The second-order valence-electron chi connectivity index (χ2n) is 1.26. The van der Waals surface area contributed by atoms with Gasteiger partial charge in [0.15, 0.2) is 0 Å². The number of carboxylic acid groups (broad SMARTS) is 1. The van der Waals surface area contributed by atoms with Crippen molar-refractivity contribution in [1.29, 1.82) is 0 Å². The second-order valence-corrected chi connectivity index (χ2v) is 2.08. The van der Waals surface area contributed by atoms with E-state index < -0.39 is 11.9 Å². The van der Waals surface area contributed by atoms with Crippen molar-refractivity contribution in [2.45, 2.75) is 0 Å². The van der Waals surface area contributed by atoms with E-state index in [-0.39, 0.29) is 29.6 Å². The first-order valence-electron chi connectivity index (χ1n) is 2.02. The first-order chi connectivity index (χ1) is 4.20. The third-order valence-corrected chi connectivity index (χ3v) is 1.02. The van der Waals surface area contributed by atoms with E-state index in [4.69, 9.17) is 0 Å². The molecular formula is C4HBrNNaO3. The summed E-state index contributed by atoms with van der Waals surface area (Å²) < 4.78 is 4.75. The summed E-state index contributed by atoms with van der Waals surface area (Å²) in [7, 11) is 0. The zero-order chi connectivity index (χ0) is 6.85. The molecule has 1 aromatic heterocycles. The van der Waals surface area contributed by atoms with Gasteiger partial charge in [0, 0.05) is 0 Å². The topological polar surface area (TPSA) is 66.2 Å². The fourth-order valence-corrected chi connectivity index (χ4v) is 0.602. The van der Waals surface area contributed by atoms with Crippen LogP contribution in [0.1, 0.15) is 10.7 Å². The molecule has 0 bridgehead atoms. The average Bonchev–Trinajstić information content (AvgIpc) is 2.14. The number of aromatic nitrogens is 1. The van der Waals surface area contributed by atoms with E-state index in [1.54, 1.807) is 0 Å². The van der Waals surface area contributed by atoms with Crippen LogP contribution in [-0.4, -0.2) is 11.0 Å². The van der Waals surface area contributed by atoms with Crippen LogP contribution < -0.4 is 34.7 Å². The summed E-state index contributed by atoms with van der Waals surface area (Å²) in [6.45, 7) is 0. The molecule has 0 saturated heterocycles. The molecule has 0 aliphatic rings. The van der Waals surface area contributed by atoms with E-state index in [9.17, 15) is 9.90 Å². The van der Waals surface area contributed by atoms with E-state index in [1.807, 2.05) is 0 Å². The Bertz CT molecular complexity index is 236. The number of carboxylic acids is 1. The molecule has 1 heterocycles. The van der Waals surface area contributed by atoms with Gasteiger partial charge in [-0.25, -0.2) is 4.98 Å². The molecular weight excluding hydrogens is 213 g/mol. The number of oxazole rings is 1. The minimum atomic E-state index is -1.42. The van der Waals surface area contributed by atoms with Gasteiger partial charge in [-0.1, -0.05) is 0 Å². The molecule has 0 spiro atoms. The van der Waals surface area contributed by atoms with Gasteiger partial charge in [0.1, 0.15) is 16.8 Å². The molecule has 0 saturated carbocycles. The summed E-state index contributed by atoms with van der Waals surface area (Å²) in [6, 6.07) is 0. The third-order valence-electron chi connectivity index (χ3n) is 0.651. The average molecular weight is 214 g/mol. The van der Waals surface area contributed by atoms with Crippen molar-refractivity contribution in [3.8, 4) is 0 Å². The largest absolute Gasteiger partial charge is 1.00 e. The summed E-state index contributed by atoms with van der Waals surface area (Å²) in [5.41, 5.74) is 0.